The second-order valence-corrected chi connectivity index (χ2v) is 4.58. The van der Waals surface area contributed by atoms with E-state index in [-0.39, 0.29) is 17.8 Å². The Kier molecular flexibility index (Phi) is 6.52. The summed E-state index contributed by atoms with van der Waals surface area (Å²) in [6, 6.07) is 0. The summed E-state index contributed by atoms with van der Waals surface area (Å²) in [5.74, 6) is -0.376. The lowest BCUT2D eigenvalue weighted by molar-refractivity contribution is -0.142. The van der Waals surface area contributed by atoms with Crippen LogP contribution in [0, 0.1) is 5.41 Å². The fourth-order valence-corrected chi connectivity index (χ4v) is 1.05. The largest absolute Gasteiger partial charge is 0.469 e. The van der Waals surface area contributed by atoms with Gasteiger partial charge in [0.25, 0.3) is 0 Å². The van der Waals surface area contributed by atoms with Crippen molar-refractivity contribution in [3.8, 4) is 0 Å². The lowest BCUT2D eigenvalue weighted by atomic mass is 9.90. The van der Waals surface area contributed by atoms with Crippen LogP contribution in [0.2, 0.25) is 0 Å². The molecule has 0 aliphatic carbocycles. The topological polar surface area (TPSA) is 58.6 Å². The zero-order chi connectivity index (χ0) is 11.9. The summed E-state index contributed by atoms with van der Waals surface area (Å²) in [6.07, 6.45) is 0.466. The van der Waals surface area contributed by atoms with Crippen molar-refractivity contribution in [2.75, 3.05) is 20.2 Å². The Morgan fingerprint density at radius 1 is 1.53 bits per heavy atom. The third-order valence-electron chi connectivity index (χ3n) is 2.57. The van der Waals surface area contributed by atoms with E-state index in [0.29, 0.717) is 6.54 Å². The molecule has 0 aromatic carbocycles. The average Bonchev–Trinajstić information content (AvgIpc) is 2.17. The minimum absolute atomic E-state index is 0.0516. The Morgan fingerprint density at radius 3 is 2.60 bits per heavy atom. The second-order valence-electron chi connectivity index (χ2n) is 4.58. The highest BCUT2D eigenvalue weighted by Gasteiger charge is 2.16. The van der Waals surface area contributed by atoms with Crippen LogP contribution < -0.4 is 5.32 Å². The van der Waals surface area contributed by atoms with Gasteiger partial charge in [-0.25, -0.2) is 0 Å². The highest BCUT2D eigenvalue weighted by Crippen LogP contribution is 2.17. The van der Waals surface area contributed by atoms with Crippen LogP contribution in [0.25, 0.3) is 0 Å². The van der Waals surface area contributed by atoms with Crippen molar-refractivity contribution < 1.29 is 14.6 Å². The zero-order valence-corrected chi connectivity index (χ0v) is 10.2. The Labute approximate surface area is 92.0 Å². The van der Waals surface area contributed by atoms with Crippen molar-refractivity contribution in [3.63, 3.8) is 0 Å². The molecule has 0 saturated heterocycles. The number of esters is 1. The minimum Gasteiger partial charge on any atom is -0.469 e. The highest BCUT2D eigenvalue weighted by atomic mass is 16.5. The van der Waals surface area contributed by atoms with Crippen molar-refractivity contribution in [3.05, 3.63) is 0 Å². The van der Waals surface area contributed by atoms with Gasteiger partial charge in [-0.1, -0.05) is 20.8 Å². The van der Waals surface area contributed by atoms with E-state index in [2.05, 4.69) is 30.8 Å². The maximum atomic E-state index is 10.8. The lowest BCUT2D eigenvalue weighted by Crippen LogP contribution is -2.35. The summed E-state index contributed by atoms with van der Waals surface area (Å²) in [5, 5.41) is 12.6. The third kappa shape index (κ3) is 7.33. The molecule has 0 radical (unpaired) electrons. The van der Waals surface area contributed by atoms with Crippen molar-refractivity contribution in [1.82, 2.24) is 5.32 Å². The normalized spacial score (nSPS) is 13.7. The van der Waals surface area contributed by atoms with Crippen molar-refractivity contribution in [2.24, 2.45) is 5.41 Å². The molecule has 4 nitrogen and oxygen atoms in total. The van der Waals surface area contributed by atoms with E-state index in [1.54, 1.807) is 0 Å². The molecule has 0 heterocycles. The Bertz CT molecular complexity index is 192. The number of hydrogen-bond acceptors (Lipinski definition) is 4. The quantitative estimate of drug-likeness (QED) is 0.623. The number of rotatable bonds is 7. The number of nitrogens with one attached hydrogen (secondary N) is 1. The van der Waals surface area contributed by atoms with Crippen LogP contribution in [-0.4, -0.2) is 37.4 Å². The van der Waals surface area contributed by atoms with E-state index in [9.17, 15) is 9.90 Å². The summed E-state index contributed by atoms with van der Waals surface area (Å²) in [7, 11) is 1.32. The van der Waals surface area contributed by atoms with E-state index in [0.717, 1.165) is 13.0 Å². The first-order chi connectivity index (χ1) is 6.91. The number of aliphatic hydroxyl groups excluding tert-OH is 1. The molecule has 0 aromatic rings. The van der Waals surface area contributed by atoms with E-state index in [1.165, 1.54) is 7.11 Å². The molecule has 0 rings (SSSR count). The van der Waals surface area contributed by atoms with Gasteiger partial charge in [-0.05, 0) is 11.8 Å². The maximum absolute atomic E-state index is 10.8. The van der Waals surface area contributed by atoms with Crippen LogP contribution in [0.15, 0.2) is 0 Å². The van der Waals surface area contributed by atoms with Gasteiger partial charge in [0.15, 0.2) is 0 Å². The van der Waals surface area contributed by atoms with Gasteiger partial charge in [0, 0.05) is 13.1 Å². The van der Waals surface area contributed by atoms with E-state index in [4.69, 9.17) is 0 Å². The van der Waals surface area contributed by atoms with Gasteiger partial charge in [-0.3, -0.25) is 4.79 Å². The van der Waals surface area contributed by atoms with Gasteiger partial charge in [-0.2, -0.15) is 0 Å². The molecular weight excluding hydrogens is 194 g/mol. The fourth-order valence-electron chi connectivity index (χ4n) is 1.05. The van der Waals surface area contributed by atoms with E-state index in [1.807, 2.05) is 0 Å². The van der Waals surface area contributed by atoms with Gasteiger partial charge < -0.3 is 15.2 Å². The van der Waals surface area contributed by atoms with Gasteiger partial charge in [0.05, 0.1) is 19.6 Å². The standard InChI is InChI=1S/C11H23NO3/c1-5-11(2,3)8-12-7-9(13)6-10(14)15-4/h9,12-13H,5-8H2,1-4H3. The van der Waals surface area contributed by atoms with Crippen LogP contribution >= 0.6 is 0 Å². The van der Waals surface area contributed by atoms with E-state index >= 15 is 0 Å². The van der Waals surface area contributed by atoms with Gasteiger partial charge >= 0.3 is 5.97 Å². The molecular formula is C11H23NO3. The molecule has 1 atom stereocenters. The molecule has 0 aromatic heterocycles. The first-order valence-electron chi connectivity index (χ1n) is 5.37. The zero-order valence-electron chi connectivity index (χ0n) is 10.2. The van der Waals surface area contributed by atoms with Crippen LogP contribution in [0.1, 0.15) is 33.6 Å². The molecule has 15 heavy (non-hydrogen) atoms. The molecule has 0 aliphatic heterocycles. The summed E-state index contributed by atoms with van der Waals surface area (Å²) >= 11 is 0. The number of ether oxygens (including phenoxy) is 1. The lowest BCUT2D eigenvalue weighted by Gasteiger charge is -2.23. The van der Waals surface area contributed by atoms with Gasteiger partial charge in [-0.15, -0.1) is 0 Å². The molecule has 0 amide bonds. The van der Waals surface area contributed by atoms with Crippen molar-refractivity contribution >= 4 is 5.97 Å². The van der Waals surface area contributed by atoms with Crippen molar-refractivity contribution in [1.29, 1.82) is 0 Å². The summed E-state index contributed by atoms with van der Waals surface area (Å²) in [5.41, 5.74) is 0.227. The second kappa shape index (κ2) is 6.80. The monoisotopic (exact) mass is 217 g/mol. The third-order valence-corrected chi connectivity index (χ3v) is 2.57. The molecule has 90 valence electrons. The predicted octanol–water partition coefficient (Wildman–Crippen LogP) is 0.936. The predicted molar refractivity (Wildman–Crippen MR) is 59.6 cm³/mol. The number of methoxy groups -OCH3 is 1. The minimum atomic E-state index is -0.662. The summed E-state index contributed by atoms with van der Waals surface area (Å²) < 4.78 is 4.46. The van der Waals surface area contributed by atoms with Crippen LogP contribution in [0.4, 0.5) is 0 Å². The first-order valence-corrected chi connectivity index (χ1v) is 5.37. The summed E-state index contributed by atoms with van der Waals surface area (Å²) in [4.78, 5) is 10.8. The average molecular weight is 217 g/mol. The fraction of sp³-hybridized carbons (Fsp3) is 0.909. The smallest absolute Gasteiger partial charge is 0.308 e. The van der Waals surface area contributed by atoms with Crippen LogP contribution in [-0.2, 0) is 9.53 Å². The molecule has 0 saturated carbocycles. The Morgan fingerprint density at radius 2 is 2.13 bits per heavy atom. The molecule has 0 fully saturated rings. The van der Waals surface area contributed by atoms with E-state index < -0.39 is 6.10 Å². The van der Waals surface area contributed by atoms with Gasteiger partial charge in [0.2, 0.25) is 0 Å². The first kappa shape index (κ1) is 14.4. The number of hydrogen-bond donors (Lipinski definition) is 2. The molecule has 4 heteroatoms. The number of carbonyl (C=O) groups is 1. The Hall–Kier alpha value is -0.610. The number of aliphatic hydroxyl groups is 1. The SMILES string of the molecule is CCC(C)(C)CNCC(O)CC(=O)OC. The molecule has 0 spiro atoms. The molecule has 2 N–H and O–H groups in total. The Balaban J connectivity index is 3.63. The maximum Gasteiger partial charge on any atom is 0.308 e. The highest BCUT2D eigenvalue weighted by molar-refractivity contribution is 5.69. The molecule has 1 unspecified atom stereocenters. The summed E-state index contributed by atoms with van der Waals surface area (Å²) in [6.45, 7) is 7.71. The molecule has 0 aliphatic rings. The van der Waals surface area contributed by atoms with Crippen molar-refractivity contribution in [2.45, 2.75) is 39.7 Å². The molecule has 0 bridgehead atoms. The van der Waals surface area contributed by atoms with Crippen LogP contribution in [0.5, 0.6) is 0 Å². The van der Waals surface area contributed by atoms with Crippen LogP contribution in [0.3, 0.4) is 0 Å². The van der Waals surface area contributed by atoms with Gasteiger partial charge in [0.1, 0.15) is 0 Å². The number of carbonyl (C=O) groups excluding carboxylic acids is 1.